The first-order chi connectivity index (χ1) is 10.8. The zero-order chi connectivity index (χ0) is 14.9. The van der Waals surface area contributed by atoms with E-state index in [1.807, 2.05) is 12.1 Å². The Labute approximate surface area is 128 Å². The van der Waals surface area contributed by atoms with Crippen molar-refractivity contribution in [2.75, 3.05) is 5.32 Å². The number of rotatable bonds is 2. The third-order valence-corrected chi connectivity index (χ3v) is 4.02. The molecule has 0 saturated carbocycles. The van der Waals surface area contributed by atoms with Crippen LogP contribution in [0.3, 0.4) is 0 Å². The van der Waals surface area contributed by atoms with Gasteiger partial charge in [-0.15, -0.1) is 0 Å². The average Bonchev–Trinajstić information content (AvgIpc) is 2.95. The summed E-state index contributed by atoms with van der Waals surface area (Å²) in [6, 6.07) is 18.0. The van der Waals surface area contributed by atoms with Gasteiger partial charge in [0.1, 0.15) is 0 Å². The molecule has 22 heavy (non-hydrogen) atoms. The number of amides is 1. The summed E-state index contributed by atoms with van der Waals surface area (Å²) in [5.41, 5.74) is 6.40. The molecule has 1 aromatic heterocycles. The van der Waals surface area contributed by atoms with Crippen LogP contribution in [0.1, 0.15) is 21.5 Å². The zero-order valence-electron chi connectivity index (χ0n) is 11.9. The van der Waals surface area contributed by atoms with Crippen molar-refractivity contribution in [3.8, 4) is 11.1 Å². The molecule has 0 unspecified atom stereocenters. The van der Waals surface area contributed by atoms with E-state index in [4.69, 9.17) is 0 Å². The van der Waals surface area contributed by atoms with Crippen LogP contribution >= 0.6 is 0 Å². The predicted octanol–water partition coefficient (Wildman–Crippen LogP) is 3.91. The molecule has 0 aliphatic heterocycles. The van der Waals surface area contributed by atoms with Crippen molar-refractivity contribution in [3.63, 3.8) is 0 Å². The number of benzene rings is 2. The molecule has 3 aromatic rings. The van der Waals surface area contributed by atoms with E-state index < -0.39 is 0 Å². The molecule has 1 aliphatic carbocycles. The fourth-order valence-electron chi connectivity index (χ4n) is 2.97. The molecule has 0 bridgehead atoms. The van der Waals surface area contributed by atoms with E-state index in [-0.39, 0.29) is 5.91 Å². The first-order valence-corrected chi connectivity index (χ1v) is 7.24. The molecular weight excluding hydrogens is 272 g/mol. The molecule has 0 atom stereocenters. The highest BCUT2D eigenvalue weighted by Crippen LogP contribution is 2.40. The SMILES string of the molecule is O=C(Nc1cccc2c1Cc1ccccc1-2)c1cccnc1. The molecule has 3 heteroatoms. The third-order valence-electron chi connectivity index (χ3n) is 4.02. The van der Waals surface area contributed by atoms with Gasteiger partial charge in [0.25, 0.3) is 5.91 Å². The summed E-state index contributed by atoms with van der Waals surface area (Å²) in [7, 11) is 0. The lowest BCUT2D eigenvalue weighted by molar-refractivity contribution is 0.102. The number of aromatic nitrogens is 1. The van der Waals surface area contributed by atoms with E-state index in [0.29, 0.717) is 5.56 Å². The number of hydrogen-bond donors (Lipinski definition) is 1. The van der Waals surface area contributed by atoms with Crippen molar-refractivity contribution in [3.05, 3.63) is 83.7 Å². The van der Waals surface area contributed by atoms with Crippen LogP contribution < -0.4 is 5.32 Å². The quantitative estimate of drug-likeness (QED) is 0.607. The first-order valence-electron chi connectivity index (χ1n) is 7.24. The highest BCUT2D eigenvalue weighted by Gasteiger charge is 2.21. The Morgan fingerprint density at radius 2 is 1.82 bits per heavy atom. The Morgan fingerprint density at radius 3 is 2.68 bits per heavy atom. The second kappa shape index (κ2) is 5.11. The van der Waals surface area contributed by atoms with Crippen LogP contribution in [0.15, 0.2) is 67.0 Å². The summed E-state index contributed by atoms with van der Waals surface area (Å²) in [5.74, 6) is -0.127. The second-order valence-electron chi connectivity index (χ2n) is 5.36. The standard InChI is InChI=1S/C19H14N2O/c22-19(14-6-4-10-20-12-14)21-18-9-3-8-16-15-7-2-1-5-13(15)11-17(16)18/h1-10,12H,11H2,(H,21,22). The second-order valence-corrected chi connectivity index (χ2v) is 5.36. The smallest absolute Gasteiger partial charge is 0.257 e. The summed E-state index contributed by atoms with van der Waals surface area (Å²) in [6.07, 6.45) is 4.09. The van der Waals surface area contributed by atoms with E-state index in [2.05, 4.69) is 40.6 Å². The van der Waals surface area contributed by atoms with Crippen LogP contribution in [0, 0.1) is 0 Å². The molecule has 0 spiro atoms. The van der Waals surface area contributed by atoms with Crippen LogP contribution in [0.2, 0.25) is 0 Å². The number of pyridine rings is 1. The van der Waals surface area contributed by atoms with Crippen molar-refractivity contribution in [1.82, 2.24) is 4.98 Å². The molecule has 106 valence electrons. The van der Waals surface area contributed by atoms with Gasteiger partial charge in [-0.25, -0.2) is 0 Å². The van der Waals surface area contributed by atoms with Crippen molar-refractivity contribution in [2.24, 2.45) is 0 Å². The number of hydrogen-bond acceptors (Lipinski definition) is 2. The maximum atomic E-state index is 12.3. The molecule has 1 N–H and O–H groups in total. The van der Waals surface area contributed by atoms with E-state index in [1.165, 1.54) is 22.3 Å². The van der Waals surface area contributed by atoms with Gasteiger partial charge in [-0.3, -0.25) is 9.78 Å². The zero-order valence-corrected chi connectivity index (χ0v) is 11.9. The van der Waals surface area contributed by atoms with Gasteiger partial charge in [0, 0.05) is 24.5 Å². The fraction of sp³-hybridized carbons (Fsp3) is 0.0526. The summed E-state index contributed by atoms with van der Waals surface area (Å²) < 4.78 is 0. The number of nitrogens with zero attached hydrogens (tertiary/aromatic N) is 1. The molecule has 3 nitrogen and oxygen atoms in total. The summed E-state index contributed by atoms with van der Waals surface area (Å²) in [6.45, 7) is 0. The molecular formula is C19H14N2O. The van der Waals surface area contributed by atoms with E-state index >= 15 is 0 Å². The monoisotopic (exact) mass is 286 g/mol. The summed E-state index contributed by atoms with van der Waals surface area (Å²) in [4.78, 5) is 16.3. The van der Waals surface area contributed by atoms with Crippen molar-refractivity contribution >= 4 is 11.6 Å². The molecule has 2 aromatic carbocycles. The first kappa shape index (κ1) is 12.8. The van der Waals surface area contributed by atoms with Crippen molar-refractivity contribution < 1.29 is 4.79 Å². The Kier molecular flexibility index (Phi) is 2.97. The molecule has 1 amide bonds. The lowest BCUT2D eigenvalue weighted by atomic mass is 10.0. The van der Waals surface area contributed by atoms with Gasteiger partial charge < -0.3 is 5.32 Å². The van der Waals surface area contributed by atoms with Crippen LogP contribution in [0.5, 0.6) is 0 Å². The van der Waals surface area contributed by atoms with E-state index in [0.717, 1.165) is 12.1 Å². The lowest BCUT2D eigenvalue weighted by Gasteiger charge is -2.10. The van der Waals surface area contributed by atoms with Crippen LogP contribution in [0.4, 0.5) is 5.69 Å². The van der Waals surface area contributed by atoms with E-state index in [1.54, 1.807) is 24.5 Å². The van der Waals surface area contributed by atoms with Gasteiger partial charge in [0.05, 0.1) is 5.56 Å². The average molecular weight is 286 g/mol. The normalized spacial score (nSPS) is 11.6. The van der Waals surface area contributed by atoms with Gasteiger partial charge in [0.15, 0.2) is 0 Å². The Bertz CT molecular complexity index is 856. The van der Waals surface area contributed by atoms with Crippen molar-refractivity contribution in [2.45, 2.75) is 6.42 Å². The predicted molar refractivity (Wildman–Crippen MR) is 86.9 cm³/mol. The summed E-state index contributed by atoms with van der Waals surface area (Å²) in [5, 5.41) is 3.01. The largest absolute Gasteiger partial charge is 0.322 e. The Hall–Kier alpha value is -2.94. The maximum absolute atomic E-state index is 12.3. The highest BCUT2D eigenvalue weighted by molar-refractivity contribution is 6.05. The van der Waals surface area contributed by atoms with Crippen LogP contribution in [0.25, 0.3) is 11.1 Å². The number of carbonyl (C=O) groups is 1. The molecule has 4 rings (SSSR count). The molecule has 0 radical (unpaired) electrons. The minimum atomic E-state index is -0.127. The number of anilines is 1. The topological polar surface area (TPSA) is 42.0 Å². The van der Waals surface area contributed by atoms with Gasteiger partial charge in [-0.2, -0.15) is 0 Å². The minimum Gasteiger partial charge on any atom is -0.322 e. The molecule has 1 aliphatic rings. The molecule has 0 saturated heterocycles. The van der Waals surface area contributed by atoms with Gasteiger partial charge in [-0.1, -0.05) is 36.4 Å². The van der Waals surface area contributed by atoms with E-state index in [9.17, 15) is 4.79 Å². The Balaban J connectivity index is 1.70. The van der Waals surface area contributed by atoms with Gasteiger partial charge in [-0.05, 0) is 40.5 Å². The summed E-state index contributed by atoms with van der Waals surface area (Å²) >= 11 is 0. The molecule has 0 fully saturated rings. The van der Waals surface area contributed by atoms with Crippen molar-refractivity contribution in [1.29, 1.82) is 0 Å². The van der Waals surface area contributed by atoms with Gasteiger partial charge >= 0.3 is 0 Å². The number of carbonyl (C=O) groups excluding carboxylic acids is 1. The third kappa shape index (κ3) is 2.07. The number of nitrogens with one attached hydrogen (secondary N) is 1. The van der Waals surface area contributed by atoms with Crippen LogP contribution in [-0.4, -0.2) is 10.9 Å². The Morgan fingerprint density at radius 1 is 0.955 bits per heavy atom. The minimum absolute atomic E-state index is 0.127. The molecule has 1 heterocycles. The maximum Gasteiger partial charge on any atom is 0.257 e. The fourth-order valence-corrected chi connectivity index (χ4v) is 2.97. The van der Waals surface area contributed by atoms with Gasteiger partial charge in [0.2, 0.25) is 0 Å². The number of fused-ring (bicyclic) bond motifs is 3. The highest BCUT2D eigenvalue weighted by atomic mass is 16.1. The van der Waals surface area contributed by atoms with Crippen LogP contribution in [-0.2, 0) is 6.42 Å². The lowest BCUT2D eigenvalue weighted by Crippen LogP contribution is -2.13.